The number of carbonyl (C=O) groups excluding carboxylic acids is 1. The van der Waals surface area contributed by atoms with Crippen LogP contribution in [-0.2, 0) is 0 Å². The summed E-state index contributed by atoms with van der Waals surface area (Å²) in [5, 5.41) is 0. The SMILES string of the molecule is COc1cc2nc(N3CCCN(C(=O)c4ccco4)CC3)[nH]c2cc1OC.Cl. The van der Waals surface area contributed by atoms with Crippen LogP contribution in [0.5, 0.6) is 11.5 Å². The first-order valence-electron chi connectivity index (χ1n) is 8.89. The number of hydrogen-bond donors (Lipinski definition) is 1. The van der Waals surface area contributed by atoms with Crippen LogP contribution in [0.3, 0.4) is 0 Å². The van der Waals surface area contributed by atoms with Crippen LogP contribution in [0.2, 0.25) is 0 Å². The molecule has 0 spiro atoms. The zero-order valence-electron chi connectivity index (χ0n) is 15.8. The Morgan fingerprint density at radius 2 is 1.93 bits per heavy atom. The fraction of sp³-hybridized carbons (Fsp3) is 0.368. The van der Waals surface area contributed by atoms with Crippen molar-refractivity contribution in [2.45, 2.75) is 6.42 Å². The van der Waals surface area contributed by atoms with Crippen molar-refractivity contribution < 1.29 is 18.7 Å². The molecule has 1 aliphatic heterocycles. The number of rotatable bonds is 4. The Bertz CT molecular complexity index is 900. The highest BCUT2D eigenvalue weighted by molar-refractivity contribution is 5.91. The lowest BCUT2D eigenvalue weighted by molar-refractivity contribution is 0.0735. The Hall–Kier alpha value is -2.87. The van der Waals surface area contributed by atoms with Gasteiger partial charge in [-0.05, 0) is 18.6 Å². The van der Waals surface area contributed by atoms with Gasteiger partial charge in [0.05, 0.1) is 31.5 Å². The highest BCUT2D eigenvalue weighted by Gasteiger charge is 2.23. The van der Waals surface area contributed by atoms with Crippen molar-refractivity contribution in [3.8, 4) is 11.5 Å². The number of fused-ring (bicyclic) bond motifs is 1. The second-order valence-electron chi connectivity index (χ2n) is 6.39. The van der Waals surface area contributed by atoms with Crippen LogP contribution in [0.4, 0.5) is 5.95 Å². The maximum Gasteiger partial charge on any atom is 0.289 e. The summed E-state index contributed by atoms with van der Waals surface area (Å²) in [6.45, 7) is 2.82. The maximum atomic E-state index is 12.5. The van der Waals surface area contributed by atoms with E-state index in [1.165, 1.54) is 6.26 Å². The first-order chi connectivity index (χ1) is 13.2. The van der Waals surface area contributed by atoms with Crippen LogP contribution >= 0.6 is 12.4 Å². The highest BCUT2D eigenvalue weighted by atomic mass is 35.5. The number of H-pyrrole nitrogens is 1. The average molecular weight is 407 g/mol. The minimum atomic E-state index is -0.0686. The second-order valence-corrected chi connectivity index (χ2v) is 6.39. The summed E-state index contributed by atoms with van der Waals surface area (Å²) >= 11 is 0. The monoisotopic (exact) mass is 406 g/mol. The van der Waals surface area contributed by atoms with Gasteiger partial charge in [0.1, 0.15) is 0 Å². The summed E-state index contributed by atoms with van der Waals surface area (Å²) in [6, 6.07) is 7.17. The molecule has 1 saturated heterocycles. The number of carbonyl (C=O) groups is 1. The zero-order chi connectivity index (χ0) is 18.8. The van der Waals surface area contributed by atoms with Crippen molar-refractivity contribution in [3.63, 3.8) is 0 Å². The Balaban J connectivity index is 0.00000225. The second kappa shape index (κ2) is 8.43. The fourth-order valence-corrected chi connectivity index (χ4v) is 3.36. The number of nitrogens with one attached hydrogen (secondary N) is 1. The lowest BCUT2D eigenvalue weighted by Crippen LogP contribution is -2.35. The summed E-state index contributed by atoms with van der Waals surface area (Å²) in [5.41, 5.74) is 1.70. The van der Waals surface area contributed by atoms with Gasteiger partial charge in [-0.3, -0.25) is 4.79 Å². The molecule has 8 nitrogen and oxygen atoms in total. The summed E-state index contributed by atoms with van der Waals surface area (Å²) in [5.74, 6) is 2.40. The molecule has 0 aliphatic carbocycles. The van der Waals surface area contributed by atoms with Crippen molar-refractivity contribution in [1.29, 1.82) is 0 Å². The Labute approximate surface area is 168 Å². The normalized spacial score (nSPS) is 14.5. The Morgan fingerprint density at radius 3 is 2.64 bits per heavy atom. The summed E-state index contributed by atoms with van der Waals surface area (Å²) in [6.07, 6.45) is 2.38. The molecule has 0 radical (unpaired) electrons. The molecule has 150 valence electrons. The van der Waals surface area contributed by atoms with E-state index >= 15 is 0 Å². The van der Waals surface area contributed by atoms with Crippen molar-refractivity contribution in [2.75, 3.05) is 45.3 Å². The molecule has 1 amide bonds. The number of imidazole rings is 1. The molecular weight excluding hydrogens is 384 g/mol. The molecule has 3 heterocycles. The number of halogens is 1. The van der Waals surface area contributed by atoms with Crippen LogP contribution in [0.25, 0.3) is 11.0 Å². The van der Waals surface area contributed by atoms with Gasteiger partial charge in [-0.25, -0.2) is 4.98 Å². The molecule has 1 aliphatic rings. The molecule has 0 saturated carbocycles. The van der Waals surface area contributed by atoms with Gasteiger partial charge in [-0.2, -0.15) is 0 Å². The largest absolute Gasteiger partial charge is 0.493 e. The van der Waals surface area contributed by atoms with E-state index in [1.54, 1.807) is 26.4 Å². The molecule has 2 aromatic heterocycles. The topological polar surface area (TPSA) is 83.8 Å². The van der Waals surface area contributed by atoms with Crippen molar-refractivity contribution in [1.82, 2.24) is 14.9 Å². The number of methoxy groups -OCH3 is 2. The van der Waals surface area contributed by atoms with E-state index in [0.717, 1.165) is 29.9 Å². The van der Waals surface area contributed by atoms with E-state index in [0.29, 0.717) is 36.9 Å². The predicted molar refractivity (Wildman–Crippen MR) is 108 cm³/mol. The molecule has 1 N–H and O–H groups in total. The number of ether oxygens (including phenoxy) is 2. The van der Waals surface area contributed by atoms with Crippen LogP contribution in [0.1, 0.15) is 17.0 Å². The van der Waals surface area contributed by atoms with Gasteiger partial charge in [0.25, 0.3) is 5.91 Å². The summed E-state index contributed by atoms with van der Waals surface area (Å²) in [4.78, 5) is 24.5. The number of amides is 1. The third-order valence-electron chi connectivity index (χ3n) is 4.79. The number of nitrogens with zero attached hydrogens (tertiary/aromatic N) is 3. The van der Waals surface area contributed by atoms with E-state index in [-0.39, 0.29) is 18.3 Å². The Morgan fingerprint density at radius 1 is 1.14 bits per heavy atom. The Kier molecular flexibility index (Phi) is 5.99. The smallest absolute Gasteiger partial charge is 0.289 e. The molecule has 1 fully saturated rings. The van der Waals surface area contributed by atoms with E-state index in [4.69, 9.17) is 18.9 Å². The molecule has 28 heavy (non-hydrogen) atoms. The lowest BCUT2D eigenvalue weighted by atomic mass is 10.3. The number of furan rings is 1. The molecular formula is C19H23ClN4O4. The van der Waals surface area contributed by atoms with E-state index in [1.807, 2.05) is 17.0 Å². The molecule has 4 rings (SSSR count). The van der Waals surface area contributed by atoms with Gasteiger partial charge in [-0.1, -0.05) is 0 Å². The third kappa shape index (κ3) is 3.73. The van der Waals surface area contributed by atoms with Crippen LogP contribution < -0.4 is 14.4 Å². The number of aromatic amines is 1. The van der Waals surface area contributed by atoms with Crippen LogP contribution in [0, 0.1) is 0 Å². The predicted octanol–water partition coefficient (Wildman–Crippen LogP) is 2.95. The maximum absolute atomic E-state index is 12.5. The minimum absolute atomic E-state index is 0. The molecule has 9 heteroatoms. The molecule has 0 unspecified atom stereocenters. The van der Waals surface area contributed by atoms with Crippen molar-refractivity contribution in [3.05, 3.63) is 36.3 Å². The molecule has 0 atom stereocenters. The van der Waals surface area contributed by atoms with Crippen LogP contribution in [-0.4, -0.2) is 61.2 Å². The number of anilines is 1. The standard InChI is InChI=1S/C19H22N4O4.ClH/c1-25-16-11-13-14(12-17(16)26-2)21-19(20-13)23-7-4-6-22(8-9-23)18(24)15-5-3-10-27-15;/h3,5,10-12H,4,6-9H2,1-2H3,(H,20,21);1H. The van der Waals surface area contributed by atoms with Gasteiger partial charge >= 0.3 is 0 Å². The first-order valence-corrected chi connectivity index (χ1v) is 8.89. The van der Waals surface area contributed by atoms with Gasteiger partial charge in [-0.15, -0.1) is 12.4 Å². The van der Waals surface area contributed by atoms with Crippen LogP contribution in [0.15, 0.2) is 34.9 Å². The molecule has 1 aromatic carbocycles. The van der Waals surface area contributed by atoms with Crippen molar-refractivity contribution >= 4 is 35.3 Å². The van der Waals surface area contributed by atoms with Gasteiger partial charge in [0.15, 0.2) is 17.3 Å². The zero-order valence-corrected chi connectivity index (χ0v) is 16.6. The fourth-order valence-electron chi connectivity index (χ4n) is 3.36. The third-order valence-corrected chi connectivity index (χ3v) is 4.79. The molecule has 3 aromatic rings. The van der Waals surface area contributed by atoms with E-state index < -0.39 is 0 Å². The van der Waals surface area contributed by atoms with Gasteiger partial charge in [0, 0.05) is 38.3 Å². The summed E-state index contributed by atoms with van der Waals surface area (Å²) < 4.78 is 15.9. The number of hydrogen-bond acceptors (Lipinski definition) is 6. The quantitative estimate of drug-likeness (QED) is 0.717. The van der Waals surface area contributed by atoms with E-state index in [9.17, 15) is 4.79 Å². The van der Waals surface area contributed by atoms with Gasteiger partial charge in [0.2, 0.25) is 5.95 Å². The highest BCUT2D eigenvalue weighted by Crippen LogP contribution is 2.32. The number of aromatic nitrogens is 2. The van der Waals surface area contributed by atoms with Crippen molar-refractivity contribution in [2.24, 2.45) is 0 Å². The lowest BCUT2D eigenvalue weighted by Gasteiger charge is -2.20. The number of benzene rings is 1. The van der Waals surface area contributed by atoms with Gasteiger partial charge < -0.3 is 28.7 Å². The molecule has 0 bridgehead atoms. The average Bonchev–Trinajstić information content (AvgIpc) is 3.30. The first kappa shape index (κ1) is 19.9. The summed E-state index contributed by atoms with van der Waals surface area (Å²) in [7, 11) is 3.22. The minimum Gasteiger partial charge on any atom is -0.493 e. The van der Waals surface area contributed by atoms with E-state index in [2.05, 4.69) is 9.88 Å².